The molecule has 51 heavy (non-hydrogen) atoms. The Labute approximate surface area is 297 Å². The number of alkyl carbamates (subject to hydrolysis) is 1. The van der Waals surface area contributed by atoms with E-state index < -0.39 is 65.9 Å². The Kier molecular flexibility index (Phi) is 15.0. The van der Waals surface area contributed by atoms with Gasteiger partial charge in [-0.25, -0.2) is 9.59 Å². The fourth-order valence-corrected chi connectivity index (χ4v) is 5.22. The zero-order valence-electron chi connectivity index (χ0n) is 29.7. The second-order valence-corrected chi connectivity index (χ2v) is 13.6. The van der Waals surface area contributed by atoms with Crippen molar-refractivity contribution < 1.29 is 43.3 Å². The summed E-state index contributed by atoms with van der Waals surface area (Å²) >= 11 is 0. The van der Waals surface area contributed by atoms with Crippen LogP contribution in [0.5, 0.6) is 0 Å². The number of nitrogens with one attached hydrogen (secondary N) is 5. The number of hydrogen-bond acceptors (Lipinski definition) is 8. The van der Waals surface area contributed by atoms with E-state index in [0.29, 0.717) is 6.42 Å². The molecule has 0 spiro atoms. The van der Waals surface area contributed by atoms with Gasteiger partial charge in [-0.3, -0.25) is 19.2 Å². The van der Waals surface area contributed by atoms with E-state index in [4.69, 9.17) is 9.47 Å². The topological polar surface area (TPSA) is 205 Å². The summed E-state index contributed by atoms with van der Waals surface area (Å²) in [5.74, 6) is -4.32. The first-order chi connectivity index (χ1) is 24.1. The largest absolute Gasteiger partial charge is 0.481 e. The van der Waals surface area contributed by atoms with Crippen LogP contribution in [0.15, 0.2) is 60.8 Å². The van der Waals surface area contributed by atoms with Gasteiger partial charge in [0.05, 0.1) is 13.0 Å². The summed E-state index contributed by atoms with van der Waals surface area (Å²) in [4.78, 5) is 80.2. The summed E-state index contributed by atoms with van der Waals surface area (Å²) in [7, 11) is 0. The Balaban J connectivity index is 1.74. The lowest BCUT2D eigenvalue weighted by atomic mass is 10.00. The number of aromatic nitrogens is 1. The van der Waals surface area contributed by atoms with Gasteiger partial charge in [-0.1, -0.05) is 62.4 Å². The fraction of sp³-hybridized carbons (Fsp3) is 0.459. The number of rotatable bonds is 18. The second kappa shape index (κ2) is 19.1. The molecule has 0 fully saturated rings. The van der Waals surface area contributed by atoms with Crippen molar-refractivity contribution in [2.75, 3.05) is 13.2 Å². The highest BCUT2D eigenvalue weighted by atomic mass is 16.6. The van der Waals surface area contributed by atoms with Crippen molar-refractivity contribution in [3.8, 4) is 0 Å². The first-order valence-corrected chi connectivity index (χ1v) is 17.0. The molecule has 6 N–H and O–H groups in total. The van der Waals surface area contributed by atoms with Crippen molar-refractivity contribution in [1.29, 1.82) is 0 Å². The van der Waals surface area contributed by atoms with Crippen LogP contribution in [0.25, 0.3) is 10.9 Å². The van der Waals surface area contributed by atoms with Crippen LogP contribution < -0.4 is 21.3 Å². The quantitative estimate of drug-likeness (QED) is 0.107. The molecular weight excluding hydrogens is 658 g/mol. The third-order valence-electron chi connectivity index (χ3n) is 7.57. The highest BCUT2D eigenvalue weighted by molar-refractivity contribution is 5.95. The summed E-state index contributed by atoms with van der Waals surface area (Å²) in [6.07, 6.45) is 0.768. The molecule has 14 heteroatoms. The van der Waals surface area contributed by atoms with Crippen molar-refractivity contribution in [2.45, 2.75) is 90.4 Å². The first kappa shape index (κ1) is 40.0. The first-order valence-electron chi connectivity index (χ1n) is 17.0. The lowest BCUT2D eigenvalue weighted by molar-refractivity contribution is -0.152. The monoisotopic (exact) mass is 707 g/mol. The van der Waals surface area contributed by atoms with E-state index in [0.717, 1.165) is 22.0 Å². The van der Waals surface area contributed by atoms with Crippen molar-refractivity contribution >= 4 is 46.7 Å². The van der Waals surface area contributed by atoms with Crippen molar-refractivity contribution in [2.24, 2.45) is 5.92 Å². The molecule has 3 aromatic rings. The molecule has 0 aliphatic carbocycles. The highest BCUT2D eigenvalue weighted by Crippen LogP contribution is 2.19. The lowest BCUT2D eigenvalue weighted by Crippen LogP contribution is -2.57. The van der Waals surface area contributed by atoms with Crippen molar-refractivity contribution in [3.05, 3.63) is 71.9 Å². The minimum Gasteiger partial charge on any atom is -0.481 e. The van der Waals surface area contributed by atoms with Gasteiger partial charge < -0.3 is 40.8 Å². The van der Waals surface area contributed by atoms with Crippen LogP contribution >= 0.6 is 0 Å². The Bertz CT molecular complexity index is 1650. The lowest BCUT2D eigenvalue weighted by Gasteiger charge is -2.26. The molecule has 3 rings (SSSR count). The molecule has 0 radical (unpaired) electrons. The van der Waals surface area contributed by atoms with E-state index in [1.807, 2.05) is 68.4 Å². The zero-order chi connectivity index (χ0) is 37.6. The summed E-state index contributed by atoms with van der Waals surface area (Å²) in [6, 6.07) is 12.9. The van der Waals surface area contributed by atoms with E-state index in [1.54, 1.807) is 27.0 Å². The minimum atomic E-state index is -1.50. The molecule has 0 bridgehead atoms. The normalized spacial score (nSPS) is 13.1. The van der Waals surface area contributed by atoms with Gasteiger partial charge in [0.15, 0.2) is 0 Å². The summed E-state index contributed by atoms with van der Waals surface area (Å²) < 4.78 is 10.5. The van der Waals surface area contributed by atoms with Crippen LogP contribution in [0.2, 0.25) is 0 Å². The molecule has 3 atom stereocenters. The van der Waals surface area contributed by atoms with E-state index in [1.165, 1.54) is 0 Å². The van der Waals surface area contributed by atoms with E-state index in [-0.39, 0.29) is 38.3 Å². The number of carboxylic acid groups (broad SMARTS) is 1. The maximum atomic E-state index is 13.9. The van der Waals surface area contributed by atoms with E-state index in [2.05, 4.69) is 26.3 Å². The van der Waals surface area contributed by atoms with Crippen LogP contribution in [0.1, 0.15) is 65.0 Å². The molecule has 0 unspecified atom stereocenters. The number of aromatic amines is 1. The molecule has 0 aliphatic rings. The van der Waals surface area contributed by atoms with Crippen LogP contribution in [-0.4, -0.2) is 82.7 Å². The van der Waals surface area contributed by atoms with Crippen molar-refractivity contribution in [1.82, 2.24) is 26.3 Å². The predicted octanol–water partition coefficient (Wildman–Crippen LogP) is 3.39. The number of hydrogen-bond donors (Lipinski definition) is 6. The molecule has 0 aliphatic heterocycles. The maximum Gasteiger partial charge on any atom is 0.407 e. The van der Waals surface area contributed by atoms with Gasteiger partial charge in [0.2, 0.25) is 17.7 Å². The number of benzene rings is 2. The molecule has 1 heterocycles. The molecular formula is C37H49N5O9. The summed E-state index contributed by atoms with van der Waals surface area (Å²) in [6.45, 7) is 8.74. The van der Waals surface area contributed by atoms with Gasteiger partial charge in [-0.2, -0.15) is 0 Å². The van der Waals surface area contributed by atoms with Gasteiger partial charge in [0.25, 0.3) is 0 Å². The van der Waals surface area contributed by atoms with E-state index in [9.17, 15) is 33.9 Å². The van der Waals surface area contributed by atoms with Gasteiger partial charge >= 0.3 is 18.0 Å². The molecule has 276 valence electrons. The number of carbonyl (C=O) groups excluding carboxylic acids is 5. The maximum absolute atomic E-state index is 13.9. The van der Waals surface area contributed by atoms with Crippen LogP contribution in [0.4, 0.5) is 4.79 Å². The molecule has 0 saturated heterocycles. The van der Waals surface area contributed by atoms with Crippen LogP contribution in [0, 0.1) is 5.92 Å². The second-order valence-electron chi connectivity index (χ2n) is 13.6. The smallest absolute Gasteiger partial charge is 0.407 e. The van der Waals surface area contributed by atoms with Gasteiger partial charge in [-0.15, -0.1) is 0 Å². The highest BCUT2D eigenvalue weighted by Gasteiger charge is 2.32. The number of esters is 1. The standard InChI is InChI=1S/C37H49N5O9/c1-23(2)19-28(33(46)42-30(21-32(44)45)35(48)50-18-16-24-11-7-6-8-12-24)41-34(47)29(20-25-22-39-27-14-10-9-13-26(25)27)40-31(43)15-17-38-36(49)51-37(3,4)5/h6-14,22-23,28-30,39H,15-21H2,1-5H3,(H,38,49)(H,40,43)(H,41,47)(H,42,46)(H,44,45)/t28-,29+,30+/m0/s1. The third kappa shape index (κ3) is 14.2. The number of carboxylic acids is 1. The van der Waals surface area contributed by atoms with E-state index >= 15 is 0 Å². The van der Waals surface area contributed by atoms with Crippen molar-refractivity contribution in [3.63, 3.8) is 0 Å². The van der Waals surface area contributed by atoms with Gasteiger partial charge in [-0.05, 0) is 50.3 Å². The Morgan fingerprint density at radius 1 is 0.843 bits per heavy atom. The Morgan fingerprint density at radius 2 is 1.49 bits per heavy atom. The number of amides is 4. The average molecular weight is 708 g/mol. The number of aliphatic carboxylic acids is 1. The number of para-hydroxylation sites is 1. The van der Waals surface area contributed by atoms with Gasteiger partial charge in [0, 0.05) is 42.9 Å². The number of carbonyl (C=O) groups is 6. The third-order valence-corrected chi connectivity index (χ3v) is 7.57. The summed E-state index contributed by atoms with van der Waals surface area (Å²) in [5, 5.41) is 20.7. The molecule has 4 amide bonds. The Hall–Kier alpha value is -5.40. The number of H-pyrrole nitrogens is 1. The molecule has 1 aromatic heterocycles. The average Bonchev–Trinajstić information content (AvgIpc) is 3.45. The zero-order valence-corrected chi connectivity index (χ0v) is 29.7. The molecule has 0 saturated carbocycles. The Morgan fingerprint density at radius 3 is 2.16 bits per heavy atom. The summed E-state index contributed by atoms with van der Waals surface area (Å²) in [5.41, 5.74) is 1.76. The minimum absolute atomic E-state index is 0.0243. The molecule has 2 aromatic carbocycles. The number of fused-ring (bicyclic) bond motifs is 1. The predicted molar refractivity (Wildman–Crippen MR) is 189 cm³/mol. The van der Waals surface area contributed by atoms with Crippen LogP contribution in [-0.2, 0) is 46.3 Å². The van der Waals surface area contributed by atoms with Gasteiger partial charge in [0.1, 0.15) is 23.7 Å². The fourth-order valence-electron chi connectivity index (χ4n) is 5.22. The SMILES string of the molecule is CC(C)C[C@H](NC(=O)[C@@H](Cc1c[nH]c2ccccc12)NC(=O)CCNC(=O)OC(C)(C)C)C(=O)N[C@H](CC(=O)O)C(=O)OCCc1ccccc1. The molecule has 14 nitrogen and oxygen atoms in total. The van der Waals surface area contributed by atoms with Crippen LogP contribution in [0.3, 0.4) is 0 Å². The number of ether oxygens (including phenoxy) is 2.